The van der Waals surface area contributed by atoms with Crippen LogP contribution in [0.25, 0.3) is 0 Å². The first-order chi connectivity index (χ1) is 17.0. The van der Waals surface area contributed by atoms with Gasteiger partial charge in [-0.2, -0.15) is 0 Å². The summed E-state index contributed by atoms with van der Waals surface area (Å²) in [6.45, 7) is 3.03. The Morgan fingerprint density at radius 3 is 2.77 bits per heavy atom. The molecule has 4 aliphatic rings. The molecule has 2 aromatic rings. The predicted octanol–water partition coefficient (Wildman–Crippen LogP) is 2.55. The topological polar surface area (TPSA) is 113 Å². The first kappa shape index (κ1) is 22.2. The molecule has 2 fully saturated rings. The fourth-order valence-electron chi connectivity index (χ4n) is 5.86. The number of pyridine rings is 1. The number of aliphatic imine (C=N–C) groups is 1. The maximum atomic E-state index is 13.0. The largest absolute Gasteiger partial charge is 0.378 e. The van der Waals surface area contributed by atoms with E-state index in [-0.39, 0.29) is 35.6 Å². The number of hydrogen-bond acceptors (Lipinski definition) is 6. The molecule has 1 saturated carbocycles. The molecule has 0 spiro atoms. The summed E-state index contributed by atoms with van der Waals surface area (Å²) >= 11 is 6.58. The summed E-state index contributed by atoms with van der Waals surface area (Å²) in [5.74, 6) is -0.137. The fourth-order valence-corrected chi connectivity index (χ4v) is 6.05. The highest BCUT2D eigenvalue weighted by atomic mass is 35.5. The Balaban J connectivity index is 1.29. The van der Waals surface area contributed by atoms with E-state index in [2.05, 4.69) is 27.8 Å². The van der Waals surface area contributed by atoms with Crippen LogP contribution in [0.15, 0.2) is 47.6 Å². The number of fused-ring (bicyclic) bond motifs is 3. The van der Waals surface area contributed by atoms with Crippen LogP contribution in [0.3, 0.4) is 0 Å². The van der Waals surface area contributed by atoms with Crippen LogP contribution >= 0.6 is 11.6 Å². The molecule has 6 rings (SSSR count). The summed E-state index contributed by atoms with van der Waals surface area (Å²) in [6.07, 6.45) is 7.35. The molecule has 9 heteroatoms. The second-order valence-electron chi connectivity index (χ2n) is 9.68. The molecule has 2 aliphatic carbocycles. The zero-order valence-electron chi connectivity index (χ0n) is 19.2. The van der Waals surface area contributed by atoms with Gasteiger partial charge in [0.1, 0.15) is 5.69 Å². The van der Waals surface area contributed by atoms with Crippen LogP contribution in [-0.2, 0) is 11.2 Å². The van der Waals surface area contributed by atoms with Crippen LogP contribution in [0.2, 0.25) is 5.02 Å². The average molecular weight is 491 g/mol. The van der Waals surface area contributed by atoms with E-state index in [1.807, 2.05) is 29.2 Å². The van der Waals surface area contributed by atoms with Crippen molar-refractivity contribution in [2.45, 2.75) is 18.9 Å². The summed E-state index contributed by atoms with van der Waals surface area (Å²) in [5.41, 5.74) is 10.3. The average Bonchev–Trinajstić information content (AvgIpc) is 3.61. The number of piperazine rings is 1. The highest BCUT2D eigenvalue weighted by Crippen LogP contribution is 2.47. The van der Waals surface area contributed by atoms with Gasteiger partial charge < -0.3 is 21.3 Å². The van der Waals surface area contributed by atoms with E-state index in [9.17, 15) is 9.59 Å². The summed E-state index contributed by atoms with van der Waals surface area (Å²) in [4.78, 5) is 36.5. The van der Waals surface area contributed by atoms with Gasteiger partial charge in [0, 0.05) is 50.4 Å². The molecule has 1 saturated heterocycles. The van der Waals surface area contributed by atoms with Crippen molar-refractivity contribution in [2.24, 2.45) is 28.5 Å². The van der Waals surface area contributed by atoms with Crippen LogP contribution in [0.4, 0.5) is 11.4 Å². The van der Waals surface area contributed by atoms with Crippen molar-refractivity contribution >= 4 is 40.5 Å². The number of nitrogens with one attached hydrogen (secondary N) is 2. The van der Waals surface area contributed by atoms with E-state index >= 15 is 0 Å². The van der Waals surface area contributed by atoms with Gasteiger partial charge in [-0.1, -0.05) is 35.9 Å². The molecule has 4 N–H and O–H groups in total. The number of amides is 2. The van der Waals surface area contributed by atoms with E-state index < -0.39 is 0 Å². The Labute approximate surface area is 208 Å². The van der Waals surface area contributed by atoms with Crippen LogP contribution in [0.1, 0.15) is 28.0 Å². The Morgan fingerprint density at radius 1 is 1.17 bits per heavy atom. The number of primary amides is 1. The molecule has 4 atom stereocenters. The lowest BCUT2D eigenvalue weighted by Gasteiger charge is -2.28. The molecule has 2 aliphatic heterocycles. The normalized spacial score (nSPS) is 26.5. The number of aromatic nitrogens is 1. The molecule has 2 bridgehead atoms. The van der Waals surface area contributed by atoms with Gasteiger partial charge in [-0.05, 0) is 36.0 Å². The summed E-state index contributed by atoms with van der Waals surface area (Å²) < 4.78 is 0. The van der Waals surface area contributed by atoms with Crippen molar-refractivity contribution in [1.82, 2.24) is 15.2 Å². The third-order valence-electron chi connectivity index (χ3n) is 7.61. The van der Waals surface area contributed by atoms with Gasteiger partial charge in [-0.25, -0.2) is 4.99 Å². The Bertz CT molecular complexity index is 1270. The van der Waals surface area contributed by atoms with Crippen LogP contribution in [0.5, 0.6) is 0 Å². The lowest BCUT2D eigenvalue weighted by molar-refractivity contribution is -0.122. The number of halogens is 1. The van der Waals surface area contributed by atoms with Crippen molar-refractivity contribution in [3.63, 3.8) is 0 Å². The number of carbonyl (C=O) groups is 2. The number of hydrogen-bond donors (Lipinski definition) is 3. The quantitative estimate of drug-likeness (QED) is 0.557. The molecule has 0 unspecified atom stereocenters. The first-order valence-corrected chi connectivity index (χ1v) is 12.5. The summed E-state index contributed by atoms with van der Waals surface area (Å²) in [6, 6.07) is 7.51. The summed E-state index contributed by atoms with van der Waals surface area (Å²) in [5, 5.41) is 7.26. The number of nitrogens with zero attached hydrogens (tertiary/aromatic N) is 3. The van der Waals surface area contributed by atoms with Gasteiger partial charge in [0.25, 0.3) is 5.91 Å². The maximum Gasteiger partial charge on any atom is 0.253 e. The van der Waals surface area contributed by atoms with Crippen molar-refractivity contribution in [3.05, 3.63) is 64.5 Å². The number of rotatable bonds is 5. The molecule has 3 heterocycles. The van der Waals surface area contributed by atoms with Crippen molar-refractivity contribution in [2.75, 3.05) is 31.5 Å². The fraction of sp³-hybridized carbons (Fsp3) is 0.385. The number of allylic oxidation sites excluding steroid dienone is 1. The zero-order chi connectivity index (χ0) is 24.1. The molecule has 1 aromatic carbocycles. The van der Waals surface area contributed by atoms with Gasteiger partial charge >= 0.3 is 0 Å². The van der Waals surface area contributed by atoms with Gasteiger partial charge in [0.2, 0.25) is 5.91 Å². The van der Waals surface area contributed by atoms with E-state index in [1.54, 1.807) is 6.20 Å². The van der Waals surface area contributed by atoms with E-state index in [0.29, 0.717) is 41.5 Å². The van der Waals surface area contributed by atoms with E-state index in [0.717, 1.165) is 36.5 Å². The highest BCUT2D eigenvalue weighted by Gasteiger charge is 2.48. The summed E-state index contributed by atoms with van der Waals surface area (Å²) in [7, 11) is 0. The molecular formula is C26H27ClN6O2. The lowest BCUT2D eigenvalue weighted by atomic mass is 9.88. The molecule has 8 nitrogen and oxygen atoms in total. The minimum atomic E-state index is -0.295. The van der Waals surface area contributed by atoms with Gasteiger partial charge in [-0.15, -0.1) is 0 Å². The highest BCUT2D eigenvalue weighted by molar-refractivity contribution is 6.34. The van der Waals surface area contributed by atoms with Gasteiger partial charge in [0.15, 0.2) is 0 Å². The minimum Gasteiger partial charge on any atom is -0.378 e. The maximum absolute atomic E-state index is 13.0. The Morgan fingerprint density at radius 2 is 1.97 bits per heavy atom. The number of nitrogens with two attached hydrogens (primary N) is 1. The third-order valence-corrected chi connectivity index (χ3v) is 7.90. The molecule has 2 amide bonds. The van der Waals surface area contributed by atoms with Crippen molar-refractivity contribution in [3.8, 4) is 0 Å². The third kappa shape index (κ3) is 3.90. The smallest absolute Gasteiger partial charge is 0.253 e. The molecule has 1 aromatic heterocycles. The first-order valence-electron chi connectivity index (χ1n) is 12.1. The van der Waals surface area contributed by atoms with Crippen LogP contribution in [0, 0.1) is 17.8 Å². The van der Waals surface area contributed by atoms with E-state index in [4.69, 9.17) is 22.3 Å². The van der Waals surface area contributed by atoms with E-state index in [1.165, 1.54) is 0 Å². The van der Waals surface area contributed by atoms with Gasteiger partial charge in [0.05, 0.1) is 28.0 Å². The lowest BCUT2D eigenvalue weighted by Crippen LogP contribution is -2.46. The second kappa shape index (κ2) is 8.77. The minimum absolute atomic E-state index is 0.0369. The molecule has 0 radical (unpaired) electrons. The predicted molar refractivity (Wildman–Crippen MR) is 135 cm³/mol. The molecule has 180 valence electrons. The Hall–Kier alpha value is -3.23. The van der Waals surface area contributed by atoms with Gasteiger partial charge in [-0.3, -0.25) is 14.6 Å². The molecule has 35 heavy (non-hydrogen) atoms. The zero-order valence-corrected chi connectivity index (χ0v) is 20.0. The standard InChI is InChI=1S/C26H27ClN6O2/c27-18-13-30-20-12-19(14-2-1-3-17(10-14)26(35)33-8-6-29-7-9-33)31-24(20)23(18)32-22-16-5-4-15(11-16)21(22)25(28)34/h1-5,10,13,15-16,21-22,29H,6-9,11-12H2,(H2,28,34)(H,30,32)/t15-,16+,21+,22-/m1/s1. The van der Waals surface area contributed by atoms with Crippen molar-refractivity contribution in [1.29, 1.82) is 0 Å². The molecular weight excluding hydrogens is 464 g/mol. The number of anilines is 1. The SMILES string of the molecule is NC(=O)[C@@H]1[C@H](Nc2c(Cl)cnc3c2N=C(c2cccc(C(=O)N4CCNCC4)c2)C3)[C@H]2C=C[C@@H]1C2. The number of benzene rings is 1. The second-order valence-corrected chi connectivity index (χ2v) is 10.1. The Kier molecular flexibility index (Phi) is 5.57. The van der Waals surface area contributed by atoms with Crippen LogP contribution < -0.4 is 16.4 Å². The van der Waals surface area contributed by atoms with Crippen molar-refractivity contribution < 1.29 is 9.59 Å². The van der Waals surface area contributed by atoms with Crippen LogP contribution in [-0.4, -0.2) is 59.6 Å². The number of carbonyl (C=O) groups excluding carboxylic acids is 2. The monoisotopic (exact) mass is 490 g/mol.